The number of piperazine rings is 1. The van der Waals surface area contributed by atoms with E-state index in [2.05, 4.69) is 49.7 Å². The number of benzene rings is 2. The van der Waals surface area contributed by atoms with Gasteiger partial charge in [0.25, 0.3) is 5.91 Å². The molecule has 1 fully saturated rings. The molecule has 0 saturated carbocycles. The van der Waals surface area contributed by atoms with Gasteiger partial charge in [-0.15, -0.1) is 24.0 Å². The van der Waals surface area contributed by atoms with Gasteiger partial charge in [-0.05, 0) is 36.8 Å². The van der Waals surface area contributed by atoms with Crippen LogP contribution in [0.4, 0.5) is 5.69 Å². The first-order valence-electron chi connectivity index (χ1n) is 9.84. The average Bonchev–Trinajstić information content (AvgIpc) is 2.76. The minimum atomic E-state index is -0.0332. The molecule has 156 valence electrons. The minimum Gasteiger partial charge on any atom is -0.368 e. The highest BCUT2D eigenvalue weighted by Gasteiger charge is 2.19. The molecule has 2 N–H and O–H groups in total. The van der Waals surface area contributed by atoms with E-state index >= 15 is 0 Å². The molecule has 6 nitrogen and oxygen atoms in total. The summed E-state index contributed by atoms with van der Waals surface area (Å²) < 4.78 is 0. The number of aliphatic imine (C=N–C) groups is 1. The van der Waals surface area contributed by atoms with Crippen molar-refractivity contribution in [3.05, 3.63) is 65.7 Å². The van der Waals surface area contributed by atoms with Crippen molar-refractivity contribution in [2.75, 3.05) is 44.7 Å². The van der Waals surface area contributed by atoms with Gasteiger partial charge >= 0.3 is 0 Å². The second-order valence-electron chi connectivity index (χ2n) is 6.77. The van der Waals surface area contributed by atoms with Gasteiger partial charge in [-0.1, -0.05) is 30.3 Å². The topological polar surface area (TPSA) is 60.0 Å². The van der Waals surface area contributed by atoms with Crippen LogP contribution in [0.1, 0.15) is 22.8 Å². The van der Waals surface area contributed by atoms with E-state index in [4.69, 9.17) is 0 Å². The number of anilines is 1. The second-order valence-corrected chi connectivity index (χ2v) is 6.77. The van der Waals surface area contributed by atoms with Gasteiger partial charge in [0.05, 0.1) is 0 Å². The smallest absolute Gasteiger partial charge is 0.251 e. The lowest BCUT2D eigenvalue weighted by molar-refractivity contribution is 0.0956. The highest BCUT2D eigenvalue weighted by molar-refractivity contribution is 14.0. The van der Waals surface area contributed by atoms with Gasteiger partial charge in [0.1, 0.15) is 0 Å². The zero-order chi connectivity index (χ0) is 19.8. The van der Waals surface area contributed by atoms with Crippen LogP contribution in [-0.4, -0.2) is 56.5 Å². The Labute approximate surface area is 190 Å². The molecular weight excluding hydrogens is 477 g/mol. The standard InChI is InChI=1S/C22H29N5O.HI/c1-3-24-21(28)19-11-9-18(10-12-19)17-25-22(23-2)27-15-13-26(14-16-27)20-7-5-4-6-8-20;/h4-12H,3,13-17H2,1-2H3,(H,23,25)(H,24,28);1H. The van der Waals surface area contributed by atoms with Crippen molar-refractivity contribution in [2.45, 2.75) is 13.5 Å². The maximum absolute atomic E-state index is 11.8. The minimum absolute atomic E-state index is 0. The van der Waals surface area contributed by atoms with E-state index in [-0.39, 0.29) is 29.9 Å². The lowest BCUT2D eigenvalue weighted by Gasteiger charge is -2.37. The fraction of sp³-hybridized carbons (Fsp3) is 0.364. The molecular formula is C22H30IN5O. The first-order chi connectivity index (χ1) is 13.7. The Hall–Kier alpha value is -2.29. The van der Waals surface area contributed by atoms with Gasteiger partial charge in [-0.3, -0.25) is 9.79 Å². The molecule has 1 saturated heterocycles. The van der Waals surface area contributed by atoms with Crippen molar-refractivity contribution < 1.29 is 4.79 Å². The highest BCUT2D eigenvalue weighted by atomic mass is 127. The molecule has 0 aromatic heterocycles. The molecule has 1 aliphatic heterocycles. The number of rotatable bonds is 5. The number of nitrogens with one attached hydrogen (secondary N) is 2. The van der Waals surface area contributed by atoms with E-state index in [1.54, 1.807) is 0 Å². The van der Waals surface area contributed by atoms with Crippen molar-refractivity contribution in [2.24, 2.45) is 4.99 Å². The molecule has 0 bridgehead atoms. The van der Waals surface area contributed by atoms with Crippen LogP contribution in [0.5, 0.6) is 0 Å². The maximum Gasteiger partial charge on any atom is 0.251 e. The van der Waals surface area contributed by atoms with Crippen LogP contribution in [0.2, 0.25) is 0 Å². The summed E-state index contributed by atoms with van der Waals surface area (Å²) in [5.74, 6) is 0.884. The summed E-state index contributed by atoms with van der Waals surface area (Å²) in [6.45, 7) is 7.06. The van der Waals surface area contributed by atoms with Crippen LogP contribution in [0.15, 0.2) is 59.6 Å². The highest BCUT2D eigenvalue weighted by Crippen LogP contribution is 2.15. The number of carbonyl (C=O) groups excluding carboxylic acids is 1. The van der Waals surface area contributed by atoms with Crippen molar-refractivity contribution in [1.82, 2.24) is 15.5 Å². The van der Waals surface area contributed by atoms with Crippen LogP contribution < -0.4 is 15.5 Å². The molecule has 1 aliphatic rings. The number of amides is 1. The molecule has 0 atom stereocenters. The Balaban J connectivity index is 0.00000300. The van der Waals surface area contributed by atoms with E-state index in [0.717, 1.165) is 37.7 Å². The van der Waals surface area contributed by atoms with Gasteiger partial charge in [-0.25, -0.2) is 0 Å². The molecule has 0 unspecified atom stereocenters. The van der Waals surface area contributed by atoms with E-state index in [1.165, 1.54) is 5.69 Å². The molecule has 0 spiro atoms. The van der Waals surface area contributed by atoms with Gasteiger partial charge in [0.15, 0.2) is 5.96 Å². The second kappa shape index (κ2) is 11.6. The number of halogens is 1. The van der Waals surface area contributed by atoms with Crippen molar-refractivity contribution >= 4 is 41.5 Å². The first-order valence-corrected chi connectivity index (χ1v) is 9.84. The van der Waals surface area contributed by atoms with Crippen LogP contribution in [-0.2, 0) is 6.54 Å². The first kappa shape index (κ1) is 23.0. The summed E-state index contributed by atoms with van der Waals surface area (Å²) in [6.07, 6.45) is 0. The number of guanidine groups is 1. The van der Waals surface area contributed by atoms with E-state index in [9.17, 15) is 4.79 Å². The SMILES string of the molecule is CCNC(=O)c1ccc(CNC(=NC)N2CCN(c3ccccc3)CC2)cc1.I. The Morgan fingerprint density at radius 1 is 0.966 bits per heavy atom. The van der Waals surface area contributed by atoms with Gasteiger partial charge in [0, 0.05) is 57.6 Å². The van der Waals surface area contributed by atoms with Crippen molar-refractivity contribution in [1.29, 1.82) is 0 Å². The molecule has 0 aliphatic carbocycles. The largest absolute Gasteiger partial charge is 0.368 e. The molecule has 29 heavy (non-hydrogen) atoms. The third kappa shape index (κ3) is 6.35. The lowest BCUT2D eigenvalue weighted by atomic mass is 10.1. The summed E-state index contributed by atoms with van der Waals surface area (Å²) >= 11 is 0. The van der Waals surface area contributed by atoms with Crippen molar-refractivity contribution in [3.8, 4) is 0 Å². The van der Waals surface area contributed by atoms with E-state index in [1.807, 2.05) is 44.3 Å². The van der Waals surface area contributed by atoms with E-state index < -0.39 is 0 Å². The third-order valence-electron chi connectivity index (χ3n) is 4.92. The van der Waals surface area contributed by atoms with Crippen LogP contribution >= 0.6 is 24.0 Å². The molecule has 3 rings (SSSR count). The predicted molar refractivity (Wildman–Crippen MR) is 130 cm³/mol. The molecule has 2 aromatic carbocycles. The third-order valence-corrected chi connectivity index (χ3v) is 4.92. The summed E-state index contributed by atoms with van der Waals surface area (Å²) in [4.78, 5) is 21.0. The molecule has 7 heteroatoms. The Bertz CT molecular complexity index is 787. The molecule has 0 radical (unpaired) electrons. The monoisotopic (exact) mass is 507 g/mol. The summed E-state index contributed by atoms with van der Waals surface area (Å²) in [5.41, 5.74) is 3.08. The van der Waals surface area contributed by atoms with Gasteiger partial charge < -0.3 is 20.4 Å². The number of hydrogen-bond donors (Lipinski definition) is 2. The normalized spacial score (nSPS) is 14.2. The quantitative estimate of drug-likeness (QED) is 0.371. The van der Waals surface area contributed by atoms with Gasteiger partial charge in [-0.2, -0.15) is 0 Å². The lowest BCUT2D eigenvalue weighted by Crippen LogP contribution is -2.52. The van der Waals surface area contributed by atoms with Crippen LogP contribution in [0.25, 0.3) is 0 Å². The predicted octanol–water partition coefficient (Wildman–Crippen LogP) is 2.95. The summed E-state index contributed by atoms with van der Waals surface area (Å²) in [5, 5.41) is 6.26. The van der Waals surface area contributed by atoms with Crippen LogP contribution in [0.3, 0.4) is 0 Å². The number of para-hydroxylation sites is 1. The molecule has 1 amide bonds. The number of hydrogen-bond acceptors (Lipinski definition) is 3. The molecule has 2 aromatic rings. The van der Waals surface area contributed by atoms with Crippen molar-refractivity contribution in [3.63, 3.8) is 0 Å². The average molecular weight is 507 g/mol. The maximum atomic E-state index is 11.8. The zero-order valence-corrected chi connectivity index (χ0v) is 19.4. The number of carbonyl (C=O) groups is 1. The van der Waals surface area contributed by atoms with E-state index in [0.29, 0.717) is 18.7 Å². The Morgan fingerprint density at radius 3 is 2.21 bits per heavy atom. The Kier molecular flexibility index (Phi) is 9.24. The summed E-state index contributed by atoms with van der Waals surface area (Å²) in [6, 6.07) is 18.2. The Morgan fingerprint density at radius 2 is 1.62 bits per heavy atom. The zero-order valence-electron chi connectivity index (χ0n) is 17.1. The van der Waals surface area contributed by atoms with Gasteiger partial charge in [0.2, 0.25) is 0 Å². The molecule has 1 heterocycles. The fourth-order valence-electron chi connectivity index (χ4n) is 3.37. The van der Waals surface area contributed by atoms with Crippen LogP contribution in [0, 0.1) is 0 Å². The summed E-state index contributed by atoms with van der Waals surface area (Å²) in [7, 11) is 1.82. The fourth-order valence-corrected chi connectivity index (χ4v) is 3.37. The number of nitrogens with zero attached hydrogens (tertiary/aromatic N) is 3.